The second-order valence-corrected chi connectivity index (χ2v) is 5.59. The topological polar surface area (TPSA) is 78.4 Å². The van der Waals surface area contributed by atoms with E-state index in [0.29, 0.717) is 5.92 Å². The number of rotatable bonds is 2. The zero-order valence-electron chi connectivity index (χ0n) is 10.3. The number of hydrogen-bond acceptors (Lipinski definition) is 5. The molecule has 7 heteroatoms. The van der Waals surface area contributed by atoms with Gasteiger partial charge in [-0.15, -0.1) is 0 Å². The molecule has 0 saturated carbocycles. The monoisotopic (exact) mass is 282 g/mol. The Morgan fingerprint density at radius 2 is 2.37 bits per heavy atom. The summed E-state index contributed by atoms with van der Waals surface area (Å²) in [5, 5.41) is 12.3. The van der Waals surface area contributed by atoms with Crippen molar-refractivity contribution in [2.45, 2.75) is 18.9 Å². The highest BCUT2D eigenvalue weighted by atomic mass is 35.5. The molecular formula is C12H15ClN4O2. The number of nitrogens with one attached hydrogen (secondary N) is 1. The summed E-state index contributed by atoms with van der Waals surface area (Å²) in [6, 6.07) is 0.134. The Morgan fingerprint density at radius 3 is 3.11 bits per heavy atom. The lowest BCUT2D eigenvalue weighted by molar-refractivity contribution is 0.0897. The molecule has 2 saturated heterocycles. The van der Waals surface area contributed by atoms with Gasteiger partial charge >= 0.3 is 0 Å². The van der Waals surface area contributed by atoms with Crippen LogP contribution in [-0.2, 0) is 0 Å². The van der Waals surface area contributed by atoms with Gasteiger partial charge in [0.15, 0.2) is 0 Å². The van der Waals surface area contributed by atoms with Crippen molar-refractivity contribution in [1.29, 1.82) is 0 Å². The Morgan fingerprint density at radius 1 is 1.53 bits per heavy atom. The molecule has 3 heterocycles. The summed E-state index contributed by atoms with van der Waals surface area (Å²) in [4.78, 5) is 21.9. The number of amides is 1. The average molecular weight is 283 g/mol. The van der Waals surface area contributed by atoms with Gasteiger partial charge in [-0.1, -0.05) is 11.6 Å². The fraction of sp³-hybridized carbons (Fsp3) is 0.583. The van der Waals surface area contributed by atoms with Crippen molar-refractivity contribution in [2.75, 3.05) is 19.6 Å². The van der Waals surface area contributed by atoms with E-state index in [9.17, 15) is 9.90 Å². The van der Waals surface area contributed by atoms with Gasteiger partial charge in [-0.2, -0.15) is 4.98 Å². The molecule has 0 radical (unpaired) electrons. The number of fused-ring (bicyclic) bond motifs is 2. The normalized spacial score (nSPS) is 29.2. The lowest BCUT2D eigenvalue weighted by Gasteiger charge is -2.30. The molecule has 1 aromatic heterocycles. The van der Waals surface area contributed by atoms with Crippen molar-refractivity contribution < 1.29 is 9.90 Å². The van der Waals surface area contributed by atoms with Crippen LogP contribution in [0.1, 0.15) is 23.5 Å². The molecule has 3 atom stereocenters. The van der Waals surface area contributed by atoms with Gasteiger partial charge in [0.25, 0.3) is 5.91 Å². The number of carbonyl (C=O) groups is 1. The predicted octanol–water partition coefficient (Wildman–Crippen LogP) is 0.660. The Labute approximate surface area is 115 Å². The van der Waals surface area contributed by atoms with Crippen molar-refractivity contribution >= 4 is 17.5 Å². The molecule has 1 amide bonds. The molecule has 0 aromatic carbocycles. The first kappa shape index (κ1) is 12.6. The summed E-state index contributed by atoms with van der Waals surface area (Å²) in [6.45, 7) is 3.14. The van der Waals surface area contributed by atoms with Crippen LogP contribution in [0.3, 0.4) is 0 Å². The van der Waals surface area contributed by atoms with Crippen molar-refractivity contribution in [1.82, 2.24) is 20.2 Å². The van der Waals surface area contributed by atoms with E-state index >= 15 is 0 Å². The van der Waals surface area contributed by atoms with Gasteiger partial charge in [0.05, 0.1) is 6.20 Å². The van der Waals surface area contributed by atoms with E-state index in [0.717, 1.165) is 26.1 Å². The minimum absolute atomic E-state index is 0.0402. The van der Waals surface area contributed by atoms with Gasteiger partial charge in [0.2, 0.25) is 11.7 Å². The third kappa shape index (κ3) is 2.64. The zero-order valence-corrected chi connectivity index (χ0v) is 11.1. The molecule has 2 N–H and O–H groups in total. The van der Waals surface area contributed by atoms with Crippen LogP contribution in [0.5, 0.6) is 5.88 Å². The number of hydrogen-bond donors (Lipinski definition) is 2. The number of aromatic hydroxyl groups is 1. The third-order valence-electron chi connectivity index (χ3n) is 3.73. The first-order chi connectivity index (χ1) is 9.11. The van der Waals surface area contributed by atoms with Gasteiger partial charge in [-0.25, -0.2) is 4.98 Å². The molecule has 2 bridgehead atoms. The van der Waals surface area contributed by atoms with E-state index in [1.807, 2.05) is 0 Å². The number of aromatic nitrogens is 2. The molecule has 0 spiro atoms. The third-order valence-corrected chi connectivity index (χ3v) is 4.00. The Bertz CT molecular complexity index is 499. The highest BCUT2D eigenvalue weighted by Crippen LogP contribution is 2.26. The van der Waals surface area contributed by atoms with Crippen LogP contribution in [0.15, 0.2) is 6.20 Å². The first-order valence-corrected chi connectivity index (χ1v) is 6.74. The molecule has 1 aromatic rings. The van der Waals surface area contributed by atoms with E-state index in [2.05, 4.69) is 20.2 Å². The lowest BCUT2D eigenvalue weighted by Crippen LogP contribution is -2.47. The molecule has 102 valence electrons. The molecule has 2 aliphatic heterocycles. The highest BCUT2D eigenvalue weighted by molar-refractivity contribution is 6.31. The maximum absolute atomic E-state index is 12.0. The molecule has 3 rings (SSSR count). The average Bonchev–Trinajstić information content (AvgIpc) is 2.72. The summed E-state index contributed by atoms with van der Waals surface area (Å²) in [5.74, 6) is -0.0952. The molecular weight excluding hydrogens is 268 g/mol. The lowest BCUT2D eigenvalue weighted by atomic mass is 9.97. The summed E-state index contributed by atoms with van der Waals surface area (Å²) >= 11 is 5.61. The number of piperidine rings is 1. The van der Waals surface area contributed by atoms with E-state index in [1.165, 1.54) is 12.6 Å². The Hall–Kier alpha value is -1.40. The maximum atomic E-state index is 12.0. The zero-order chi connectivity index (χ0) is 13.4. The predicted molar refractivity (Wildman–Crippen MR) is 69.1 cm³/mol. The van der Waals surface area contributed by atoms with Gasteiger partial charge in [-0.3, -0.25) is 4.79 Å². The summed E-state index contributed by atoms with van der Waals surface area (Å²) < 4.78 is 0. The highest BCUT2D eigenvalue weighted by Gasteiger charge is 2.33. The van der Waals surface area contributed by atoms with Gasteiger partial charge in [0, 0.05) is 19.1 Å². The minimum atomic E-state index is -0.366. The van der Waals surface area contributed by atoms with Crippen LogP contribution in [0.25, 0.3) is 0 Å². The fourth-order valence-electron chi connectivity index (χ4n) is 2.88. The largest absolute Gasteiger partial charge is 0.492 e. The van der Waals surface area contributed by atoms with Crippen LogP contribution >= 0.6 is 11.6 Å². The van der Waals surface area contributed by atoms with E-state index in [-0.39, 0.29) is 28.7 Å². The van der Waals surface area contributed by atoms with Crippen LogP contribution in [0, 0.1) is 5.92 Å². The van der Waals surface area contributed by atoms with Crippen molar-refractivity contribution in [2.24, 2.45) is 5.92 Å². The minimum Gasteiger partial charge on any atom is -0.492 e. The van der Waals surface area contributed by atoms with Gasteiger partial charge < -0.3 is 15.3 Å². The molecule has 3 unspecified atom stereocenters. The van der Waals surface area contributed by atoms with Crippen molar-refractivity contribution in [3.05, 3.63) is 17.0 Å². The molecule has 19 heavy (non-hydrogen) atoms. The Balaban J connectivity index is 1.66. The fourth-order valence-corrected chi connectivity index (χ4v) is 2.97. The maximum Gasteiger partial charge on any atom is 0.289 e. The van der Waals surface area contributed by atoms with E-state index in [4.69, 9.17) is 11.6 Å². The Kier molecular flexibility index (Phi) is 3.28. The van der Waals surface area contributed by atoms with Crippen LogP contribution < -0.4 is 5.32 Å². The number of halogens is 1. The van der Waals surface area contributed by atoms with Crippen LogP contribution in [0.2, 0.25) is 5.02 Å². The second kappa shape index (κ2) is 4.94. The molecule has 2 aliphatic rings. The summed E-state index contributed by atoms with van der Waals surface area (Å²) in [7, 11) is 0. The number of nitrogens with zero attached hydrogens (tertiary/aromatic N) is 3. The molecule has 2 fully saturated rings. The second-order valence-electron chi connectivity index (χ2n) is 5.19. The summed E-state index contributed by atoms with van der Waals surface area (Å²) in [5.41, 5.74) is 0. The quantitative estimate of drug-likeness (QED) is 0.833. The van der Waals surface area contributed by atoms with Crippen LogP contribution in [-0.4, -0.2) is 51.6 Å². The number of carbonyl (C=O) groups excluding carboxylic acids is 1. The molecule has 0 aliphatic carbocycles. The van der Waals surface area contributed by atoms with Crippen LogP contribution in [0.4, 0.5) is 0 Å². The molecule has 6 nitrogen and oxygen atoms in total. The van der Waals surface area contributed by atoms with Crippen molar-refractivity contribution in [3.63, 3.8) is 0 Å². The van der Waals surface area contributed by atoms with E-state index < -0.39 is 0 Å². The standard InChI is InChI=1S/C12H15ClN4O2/c13-9-4-14-10(16-11(9)18)12(19)15-8-3-7-1-2-17(5-7)6-8/h4,7-8H,1-3,5-6H2,(H,15,19)(H,14,16,18). The van der Waals surface area contributed by atoms with Gasteiger partial charge in [-0.05, 0) is 25.3 Å². The first-order valence-electron chi connectivity index (χ1n) is 6.36. The van der Waals surface area contributed by atoms with Gasteiger partial charge in [0.1, 0.15) is 5.02 Å². The van der Waals surface area contributed by atoms with Crippen molar-refractivity contribution in [3.8, 4) is 5.88 Å². The SMILES string of the molecule is O=C(NC1CC2CCN(C2)C1)c1ncc(Cl)c(O)n1. The smallest absolute Gasteiger partial charge is 0.289 e. The summed E-state index contributed by atoms with van der Waals surface area (Å²) in [6.07, 6.45) is 3.44. The van der Waals surface area contributed by atoms with E-state index in [1.54, 1.807) is 0 Å².